The molecule has 3 aliphatic heterocycles. The van der Waals surface area contributed by atoms with Gasteiger partial charge in [-0.05, 0) is 82.1 Å². The number of amides is 1. The number of fused-ring (bicyclic) bond motifs is 2. The molecule has 10 nitrogen and oxygen atoms in total. The molecule has 3 saturated heterocycles. The van der Waals surface area contributed by atoms with E-state index in [2.05, 4.69) is 53.5 Å². The summed E-state index contributed by atoms with van der Waals surface area (Å²) in [6.45, 7) is 14.5. The molecule has 0 radical (unpaired) electrons. The van der Waals surface area contributed by atoms with Gasteiger partial charge in [0.15, 0.2) is 0 Å². The first-order chi connectivity index (χ1) is 24.3. The molecule has 0 N–H and O–H groups in total. The Morgan fingerprint density at radius 3 is 2.29 bits per heavy atom. The highest BCUT2D eigenvalue weighted by molar-refractivity contribution is 5.90. The van der Waals surface area contributed by atoms with Gasteiger partial charge in [0, 0.05) is 86.8 Å². The van der Waals surface area contributed by atoms with Crippen LogP contribution < -0.4 is 4.90 Å². The number of ether oxygens (including phenoxy) is 1. The van der Waals surface area contributed by atoms with E-state index in [1.807, 2.05) is 27.0 Å². The SMILES string of the molecule is CC(C)(C)OC(=O)N1CCN(CCn2cc(C#N)c3cc(CN4CCC5(CC4)CN(c4ncnc6ccc(CC(F)(F)F)cc46)C5)ccc32)CC1. The molecule has 3 fully saturated rings. The van der Waals surface area contributed by atoms with Crippen molar-refractivity contribution in [1.29, 1.82) is 5.26 Å². The molecule has 0 atom stereocenters. The second kappa shape index (κ2) is 13.6. The monoisotopic (exact) mass is 702 g/mol. The first-order valence-electron chi connectivity index (χ1n) is 17.8. The Labute approximate surface area is 296 Å². The van der Waals surface area contributed by atoms with Gasteiger partial charge in [-0.25, -0.2) is 14.8 Å². The van der Waals surface area contributed by atoms with Crippen LogP contribution in [0.5, 0.6) is 0 Å². The zero-order valence-corrected chi connectivity index (χ0v) is 29.5. The van der Waals surface area contributed by atoms with Gasteiger partial charge in [0.1, 0.15) is 23.8 Å². The molecule has 7 rings (SSSR count). The Morgan fingerprint density at radius 2 is 1.61 bits per heavy atom. The van der Waals surface area contributed by atoms with Crippen LogP contribution in [0.3, 0.4) is 0 Å². The smallest absolute Gasteiger partial charge is 0.410 e. The van der Waals surface area contributed by atoms with Gasteiger partial charge in [-0.1, -0.05) is 12.1 Å². The van der Waals surface area contributed by atoms with Crippen molar-refractivity contribution >= 4 is 33.7 Å². The molecular weight excluding hydrogens is 657 g/mol. The van der Waals surface area contributed by atoms with Crippen molar-refractivity contribution in [2.75, 3.05) is 63.8 Å². The second-order valence-electron chi connectivity index (χ2n) is 15.5. The number of hydrogen-bond acceptors (Lipinski definition) is 8. The molecule has 0 aliphatic carbocycles. The van der Waals surface area contributed by atoms with Crippen LogP contribution in [0, 0.1) is 16.7 Å². The number of hydrogen-bond donors (Lipinski definition) is 0. The highest BCUT2D eigenvalue weighted by Crippen LogP contribution is 2.44. The zero-order chi connectivity index (χ0) is 36.0. The molecular formula is C38H45F3N8O2. The van der Waals surface area contributed by atoms with Crippen LogP contribution in [0.25, 0.3) is 21.8 Å². The maximum Gasteiger partial charge on any atom is 0.410 e. The number of likely N-dealkylation sites (tertiary alicyclic amines) is 1. The third kappa shape index (κ3) is 7.92. The van der Waals surface area contributed by atoms with Gasteiger partial charge in [0.25, 0.3) is 0 Å². The van der Waals surface area contributed by atoms with E-state index in [0.717, 1.165) is 82.6 Å². The van der Waals surface area contributed by atoms with Crippen molar-refractivity contribution in [1.82, 2.24) is 29.2 Å². The third-order valence-corrected chi connectivity index (χ3v) is 10.5. The summed E-state index contributed by atoms with van der Waals surface area (Å²) in [6.07, 6.45) is 0.0404. The van der Waals surface area contributed by atoms with Crippen molar-refractivity contribution in [3.63, 3.8) is 0 Å². The number of alkyl halides is 3. The number of anilines is 1. The molecule has 13 heteroatoms. The van der Waals surface area contributed by atoms with Crippen molar-refractivity contribution in [2.45, 2.75) is 64.9 Å². The van der Waals surface area contributed by atoms with Crippen molar-refractivity contribution in [3.05, 3.63) is 65.6 Å². The molecule has 5 heterocycles. The molecule has 51 heavy (non-hydrogen) atoms. The van der Waals surface area contributed by atoms with E-state index in [4.69, 9.17) is 4.74 Å². The Hall–Kier alpha value is -4.41. The molecule has 3 aliphatic rings. The molecule has 4 aromatic rings. The number of benzene rings is 2. The van der Waals surface area contributed by atoms with Crippen LogP contribution in [-0.4, -0.2) is 106 Å². The number of halogens is 3. The molecule has 0 bridgehead atoms. The van der Waals surface area contributed by atoms with Crippen LogP contribution in [0.15, 0.2) is 48.9 Å². The Kier molecular flexibility index (Phi) is 9.35. The van der Waals surface area contributed by atoms with Crippen molar-refractivity contribution in [3.8, 4) is 6.07 Å². The molecule has 1 spiro atoms. The lowest BCUT2D eigenvalue weighted by Crippen LogP contribution is -2.60. The number of aromatic nitrogens is 3. The molecule has 2 aromatic carbocycles. The molecule has 270 valence electrons. The van der Waals surface area contributed by atoms with Crippen molar-refractivity contribution < 1.29 is 22.7 Å². The highest BCUT2D eigenvalue weighted by Gasteiger charge is 2.45. The summed E-state index contributed by atoms with van der Waals surface area (Å²) in [7, 11) is 0. The fourth-order valence-electron chi connectivity index (χ4n) is 7.80. The van der Waals surface area contributed by atoms with Gasteiger partial charge in [-0.15, -0.1) is 0 Å². The molecule has 2 aromatic heterocycles. The Morgan fingerprint density at radius 1 is 0.902 bits per heavy atom. The van der Waals surface area contributed by atoms with E-state index >= 15 is 0 Å². The highest BCUT2D eigenvalue weighted by atomic mass is 19.4. The van der Waals surface area contributed by atoms with Gasteiger partial charge in [0.2, 0.25) is 0 Å². The van der Waals surface area contributed by atoms with Gasteiger partial charge < -0.3 is 19.1 Å². The lowest BCUT2D eigenvalue weighted by molar-refractivity contribution is -0.127. The maximum absolute atomic E-state index is 13.1. The van der Waals surface area contributed by atoms with E-state index in [-0.39, 0.29) is 17.1 Å². The van der Waals surface area contributed by atoms with Crippen molar-refractivity contribution in [2.24, 2.45) is 5.41 Å². The minimum absolute atomic E-state index is 0.175. The van der Waals surface area contributed by atoms with E-state index in [0.29, 0.717) is 35.4 Å². The minimum atomic E-state index is -4.27. The summed E-state index contributed by atoms with van der Waals surface area (Å²) in [6, 6.07) is 13.6. The lowest BCUT2D eigenvalue weighted by Gasteiger charge is -2.54. The minimum Gasteiger partial charge on any atom is -0.444 e. The van der Waals surface area contributed by atoms with E-state index in [9.17, 15) is 23.2 Å². The third-order valence-electron chi connectivity index (χ3n) is 10.5. The summed E-state index contributed by atoms with van der Waals surface area (Å²) in [5.74, 6) is 0.714. The quantitative estimate of drug-likeness (QED) is 0.224. The van der Waals surface area contributed by atoms with E-state index < -0.39 is 18.2 Å². The zero-order valence-electron chi connectivity index (χ0n) is 29.5. The number of rotatable bonds is 7. The average Bonchev–Trinajstić information content (AvgIpc) is 3.42. The first-order valence-corrected chi connectivity index (χ1v) is 17.8. The van der Waals surface area contributed by atoms with Gasteiger partial charge in [-0.3, -0.25) is 9.80 Å². The van der Waals surface area contributed by atoms with Crippen LogP contribution in [0.1, 0.15) is 50.3 Å². The summed E-state index contributed by atoms with van der Waals surface area (Å²) in [5.41, 5.74) is 3.46. The fraction of sp³-hybridized carbons (Fsp3) is 0.526. The van der Waals surface area contributed by atoms with Crippen LogP contribution in [0.2, 0.25) is 0 Å². The summed E-state index contributed by atoms with van der Waals surface area (Å²) >= 11 is 0. The molecule has 1 amide bonds. The average molecular weight is 703 g/mol. The Balaban J connectivity index is 0.924. The predicted octanol–water partition coefficient (Wildman–Crippen LogP) is 6.22. The van der Waals surface area contributed by atoms with Crippen LogP contribution in [-0.2, 0) is 24.2 Å². The standard InChI is InChI=1S/C38H45F3N8O2/c1-36(2,3)51-35(50)47-15-12-45(13-16-47)14-17-48-23-29(21-42)30-19-28(5-7-33(30)48)22-46-10-8-37(9-11-46)24-49(25-37)34-31-18-27(20-38(39,40)41)4-6-32(31)43-26-44-34/h4-7,18-19,23,26H,8-17,20,22,24-25H2,1-3H3. The largest absolute Gasteiger partial charge is 0.444 e. The van der Waals surface area contributed by atoms with E-state index in [1.54, 1.807) is 17.0 Å². The number of piperazine rings is 1. The summed E-state index contributed by atoms with van der Waals surface area (Å²) in [4.78, 5) is 30.0. The summed E-state index contributed by atoms with van der Waals surface area (Å²) < 4.78 is 46.9. The van der Waals surface area contributed by atoms with Crippen LogP contribution >= 0.6 is 0 Å². The summed E-state index contributed by atoms with van der Waals surface area (Å²) in [5, 5.41) is 11.6. The number of piperidine rings is 1. The lowest BCUT2D eigenvalue weighted by atomic mass is 9.72. The number of carbonyl (C=O) groups excluding carboxylic acids is 1. The number of nitrogens with zero attached hydrogens (tertiary/aromatic N) is 8. The maximum atomic E-state index is 13.1. The predicted molar refractivity (Wildman–Crippen MR) is 189 cm³/mol. The fourth-order valence-corrected chi connectivity index (χ4v) is 7.80. The molecule has 0 unspecified atom stereocenters. The first kappa shape index (κ1) is 35.0. The van der Waals surface area contributed by atoms with Gasteiger partial charge in [-0.2, -0.15) is 18.4 Å². The Bertz CT molecular complexity index is 1940. The topological polar surface area (TPSA) is 93.8 Å². The molecule has 0 saturated carbocycles. The number of nitriles is 1. The van der Waals surface area contributed by atoms with Gasteiger partial charge in [0.05, 0.1) is 17.5 Å². The second-order valence-corrected chi connectivity index (χ2v) is 15.5. The van der Waals surface area contributed by atoms with Crippen LogP contribution in [0.4, 0.5) is 23.8 Å². The number of carbonyl (C=O) groups is 1. The van der Waals surface area contributed by atoms with Gasteiger partial charge >= 0.3 is 12.3 Å². The normalized spacial score (nSPS) is 18.7. The van der Waals surface area contributed by atoms with E-state index in [1.165, 1.54) is 18.0 Å².